The average Bonchev–Trinajstić information content (AvgIpc) is 2.54. The van der Waals surface area contributed by atoms with Crippen molar-refractivity contribution in [3.63, 3.8) is 0 Å². The van der Waals surface area contributed by atoms with Crippen LogP contribution in [0.1, 0.15) is 11.1 Å². The molecule has 0 fully saturated rings. The molecule has 0 saturated carbocycles. The van der Waals surface area contributed by atoms with Gasteiger partial charge in [0, 0.05) is 0 Å². The fourth-order valence-corrected chi connectivity index (χ4v) is 1.87. The molecule has 22 heavy (non-hydrogen) atoms. The normalized spacial score (nSPS) is 10.9. The fourth-order valence-electron chi connectivity index (χ4n) is 1.78. The number of ether oxygens (including phenoxy) is 2. The van der Waals surface area contributed by atoms with Crippen LogP contribution in [0.25, 0.3) is 12.2 Å². The van der Waals surface area contributed by atoms with Crippen molar-refractivity contribution in [1.29, 1.82) is 0 Å². The summed E-state index contributed by atoms with van der Waals surface area (Å²) in [6.45, 7) is 0. The lowest BCUT2D eigenvalue weighted by Crippen LogP contribution is -2.16. The van der Waals surface area contributed by atoms with Gasteiger partial charge in [0.05, 0.1) is 7.11 Å². The number of hydrogen-bond acceptors (Lipinski definition) is 3. The van der Waals surface area contributed by atoms with E-state index in [0.29, 0.717) is 5.75 Å². The number of esters is 1. The summed E-state index contributed by atoms with van der Waals surface area (Å²) >= 11 is 10.9. The maximum atomic E-state index is 11.4. The van der Waals surface area contributed by atoms with Gasteiger partial charge in [0.2, 0.25) is 4.84 Å². The fraction of sp³-hybridized carbons (Fsp3) is 0.118. The molecule has 0 heterocycles. The summed E-state index contributed by atoms with van der Waals surface area (Å²) in [5.74, 6) is -0.0394. The molecule has 2 rings (SSSR count). The van der Waals surface area contributed by atoms with E-state index in [9.17, 15) is 4.79 Å². The molecule has 0 saturated heterocycles. The quantitative estimate of drug-likeness (QED) is 0.347. The van der Waals surface area contributed by atoms with Gasteiger partial charge in [-0.25, -0.2) is 4.79 Å². The molecule has 0 amide bonds. The highest BCUT2D eigenvalue weighted by molar-refractivity contribution is 6.53. The van der Waals surface area contributed by atoms with Crippen molar-refractivity contribution in [2.45, 2.75) is 4.84 Å². The zero-order valence-electron chi connectivity index (χ0n) is 11.8. The number of carbonyl (C=O) groups excluding carboxylic acids is 1. The molecular formula is C17H14Cl2O3. The minimum absolute atomic E-state index is 0.274. The number of hydrogen-bond donors (Lipinski definition) is 0. The molecule has 0 aliphatic rings. The molecule has 0 spiro atoms. The van der Waals surface area contributed by atoms with Gasteiger partial charge in [-0.3, -0.25) is 0 Å². The van der Waals surface area contributed by atoms with E-state index in [2.05, 4.69) is 0 Å². The molecule has 3 nitrogen and oxygen atoms in total. The molecular weight excluding hydrogens is 323 g/mol. The third-order valence-corrected chi connectivity index (χ3v) is 3.20. The van der Waals surface area contributed by atoms with Crippen molar-refractivity contribution in [2.75, 3.05) is 7.11 Å². The Balaban J connectivity index is 2.18. The van der Waals surface area contributed by atoms with Crippen LogP contribution in [-0.2, 0) is 4.79 Å². The largest absolute Gasteiger partial charge is 0.493 e. The Morgan fingerprint density at radius 2 is 1.68 bits per heavy atom. The summed E-state index contributed by atoms with van der Waals surface area (Å²) in [7, 11) is 1.50. The van der Waals surface area contributed by atoms with Crippen LogP contribution in [0.2, 0.25) is 0 Å². The molecule has 0 aliphatic carbocycles. The van der Waals surface area contributed by atoms with Gasteiger partial charge in [0.1, 0.15) is 0 Å². The second-order valence-electron chi connectivity index (χ2n) is 4.38. The summed E-state index contributed by atoms with van der Waals surface area (Å²) in [6.07, 6.45) is 3.92. The molecule has 0 radical (unpaired) electrons. The Hall–Kier alpha value is -1.97. The van der Waals surface area contributed by atoms with E-state index >= 15 is 0 Å². The summed E-state index contributed by atoms with van der Waals surface area (Å²) < 4.78 is 10.3. The lowest BCUT2D eigenvalue weighted by molar-refractivity contribution is -0.132. The highest BCUT2D eigenvalue weighted by atomic mass is 35.5. The van der Waals surface area contributed by atoms with Crippen LogP contribution in [0.4, 0.5) is 0 Å². The van der Waals surface area contributed by atoms with Crippen LogP contribution in [0, 0.1) is 0 Å². The van der Waals surface area contributed by atoms with Gasteiger partial charge in [-0.2, -0.15) is 0 Å². The predicted octanol–water partition coefficient (Wildman–Crippen LogP) is 4.57. The van der Waals surface area contributed by atoms with Gasteiger partial charge in [-0.15, -0.1) is 0 Å². The molecule has 0 aromatic heterocycles. The van der Waals surface area contributed by atoms with Crippen molar-refractivity contribution < 1.29 is 14.3 Å². The minimum atomic E-state index is -1.23. The monoisotopic (exact) mass is 336 g/mol. The van der Waals surface area contributed by atoms with Gasteiger partial charge in [0.15, 0.2) is 11.5 Å². The van der Waals surface area contributed by atoms with Crippen LogP contribution in [0.3, 0.4) is 0 Å². The molecule has 114 valence electrons. The smallest absolute Gasteiger partial charge is 0.344 e. The number of carbonyl (C=O) groups is 1. The van der Waals surface area contributed by atoms with E-state index < -0.39 is 10.8 Å². The SMILES string of the molecule is COc1cc(/C=C/c2ccccc2)ccc1OC(=O)C(Cl)Cl. The first-order chi connectivity index (χ1) is 10.6. The summed E-state index contributed by atoms with van der Waals surface area (Å²) in [5, 5.41) is 0. The summed E-state index contributed by atoms with van der Waals surface area (Å²) in [6, 6.07) is 15.1. The van der Waals surface area contributed by atoms with Crippen molar-refractivity contribution in [3.05, 3.63) is 59.7 Å². The highest BCUT2D eigenvalue weighted by Crippen LogP contribution is 2.29. The third-order valence-electron chi connectivity index (χ3n) is 2.84. The Kier molecular flexibility index (Phi) is 5.87. The number of alkyl halides is 2. The van der Waals surface area contributed by atoms with E-state index in [-0.39, 0.29) is 5.75 Å². The summed E-state index contributed by atoms with van der Waals surface area (Å²) in [4.78, 5) is 10.2. The second kappa shape index (κ2) is 7.87. The van der Waals surface area contributed by atoms with Gasteiger partial charge < -0.3 is 9.47 Å². The maximum Gasteiger partial charge on any atom is 0.344 e. The maximum absolute atomic E-state index is 11.4. The van der Waals surface area contributed by atoms with Gasteiger partial charge in [-0.1, -0.05) is 71.8 Å². The first kappa shape index (κ1) is 16.4. The average molecular weight is 337 g/mol. The van der Waals surface area contributed by atoms with Crippen molar-refractivity contribution in [2.24, 2.45) is 0 Å². The van der Waals surface area contributed by atoms with Gasteiger partial charge in [0.25, 0.3) is 0 Å². The summed E-state index contributed by atoms with van der Waals surface area (Å²) in [5.41, 5.74) is 2.00. The van der Waals surface area contributed by atoms with Crippen LogP contribution in [0.15, 0.2) is 48.5 Å². The second-order valence-corrected chi connectivity index (χ2v) is 5.47. The Labute approximate surface area is 139 Å². The zero-order valence-corrected chi connectivity index (χ0v) is 13.3. The molecule has 0 N–H and O–H groups in total. The number of halogens is 2. The first-order valence-electron chi connectivity index (χ1n) is 6.51. The molecule has 0 bridgehead atoms. The number of benzene rings is 2. The van der Waals surface area contributed by atoms with Crippen molar-refractivity contribution in [1.82, 2.24) is 0 Å². The Bertz CT molecular complexity index is 667. The topological polar surface area (TPSA) is 35.5 Å². The van der Waals surface area contributed by atoms with E-state index in [0.717, 1.165) is 11.1 Å². The van der Waals surface area contributed by atoms with E-state index in [1.54, 1.807) is 12.1 Å². The third kappa shape index (κ3) is 4.52. The first-order valence-corrected chi connectivity index (χ1v) is 7.38. The van der Waals surface area contributed by atoms with E-state index in [1.165, 1.54) is 7.11 Å². The van der Waals surface area contributed by atoms with Crippen LogP contribution in [-0.4, -0.2) is 17.9 Å². The zero-order chi connectivity index (χ0) is 15.9. The van der Waals surface area contributed by atoms with Crippen LogP contribution < -0.4 is 9.47 Å². The molecule has 2 aromatic rings. The molecule has 0 unspecified atom stereocenters. The van der Waals surface area contributed by atoms with E-state index in [4.69, 9.17) is 32.7 Å². The minimum Gasteiger partial charge on any atom is -0.493 e. The van der Waals surface area contributed by atoms with Gasteiger partial charge >= 0.3 is 5.97 Å². The standard InChI is InChI=1S/C17H14Cl2O3/c1-21-15-11-13(8-7-12-5-3-2-4-6-12)9-10-14(15)22-17(20)16(18)19/h2-11,16H,1H3/b8-7+. The Morgan fingerprint density at radius 1 is 1.00 bits per heavy atom. The number of methoxy groups -OCH3 is 1. The van der Waals surface area contributed by atoms with Crippen LogP contribution in [0.5, 0.6) is 11.5 Å². The lowest BCUT2D eigenvalue weighted by atomic mass is 10.1. The Morgan fingerprint density at radius 3 is 2.32 bits per heavy atom. The molecule has 5 heteroatoms. The molecule has 0 atom stereocenters. The lowest BCUT2D eigenvalue weighted by Gasteiger charge is -2.10. The van der Waals surface area contributed by atoms with Crippen molar-refractivity contribution in [3.8, 4) is 11.5 Å². The predicted molar refractivity (Wildman–Crippen MR) is 89.5 cm³/mol. The number of rotatable bonds is 5. The highest BCUT2D eigenvalue weighted by Gasteiger charge is 2.16. The van der Waals surface area contributed by atoms with Gasteiger partial charge in [-0.05, 0) is 23.3 Å². The molecule has 0 aliphatic heterocycles. The van der Waals surface area contributed by atoms with Crippen molar-refractivity contribution >= 4 is 41.3 Å². The van der Waals surface area contributed by atoms with Crippen LogP contribution >= 0.6 is 23.2 Å². The van der Waals surface area contributed by atoms with E-state index in [1.807, 2.05) is 48.6 Å². The molecule has 2 aromatic carbocycles.